The third kappa shape index (κ3) is 2.71. The van der Waals surface area contributed by atoms with Gasteiger partial charge in [0.2, 0.25) is 0 Å². The standard InChI is InChI=1S/C16H20N2O4/c1-7(19)13-14(8(2)20)16(18)12(4-10-6-22-10)11(15(13)17)3-9-5-21-9/h9-10H,3-6,17-18H2,1-2H3. The van der Waals surface area contributed by atoms with E-state index in [1.54, 1.807) is 0 Å². The van der Waals surface area contributed by atoms with Crippen molar-refractivity contribution in [3.63, 3.8) is 0 Å². The van der Waals surface area contributed by atoms with Crippen LogP contribution in [0.15, 0.2) is 0 Å². The van der Waals surface area contributed by atoms with Crippen LogP contribution < -0.4 is 11.5 Å². The maximum absolute atomic E-state index is 12.0. The lowest BCUT2D eigenvalue weighted by atomic mass is 9.86. The van der Waals surface area contributed by atoms with Crippen LogP contribution in [-0.2, 0) is 22.3 Å². The van der Waals surface area contributed by atoms with E-state index in [0.29, 0.717) is 37.4 Å². The number of anilines is 2. The predicted octanol–water partition coefficient (Wildman–Crippen LogP) is 1.14. The van der Waals surface area contributed by atoms with E-state index in [4.69, 9.17) is 20.9 Å². The van der Waals surface area contributed by atoms with Crippen LogP contribution in [0.3, 0.4) is 0 Å². The molecule has 0 saturated carbocycles. The van der Waals surface area contributed by atoms with Gasteiger partial charge in [0.05, 0.1) is 36.5 Å². The van der Waals surface area contributed by atoms with Crippen molar-refractivity contribution in [3.8, 4) is 0 Å². The number of hydrogen-bond donors (Lipinski definition) is 2. The molecule has 118 valence electrons. The second-order valence-electron chi connectivity index (χ2n) is 5.97. The van der Waals surface area contributed by atoms with Crippen LogP contribution in [0, 0.1) is 0 Å². The van der Waals surface area contributed by atoms with Crippen LogP contribution in [0.25, 0.3) is 0 Å². The largest absolute Gasteiger partial charge is 0.398 e. The van der Waals surface area contributed by atoms with Crippen LogP contribution in [-0.4, -0.2) is 37.0 Å². The minimum atomic E-state index is -0.249. The Balaban J connectivity index is 2.20. The molecule has 2 aliphatic rings. The van der Waals surface area contributed by atoms with Crippen molar-refractivity contribution in [3.05, 3.63) is 22.3 Å². The highest BCUT2D eigenvalue weighted by Gasteiger charge is 2.33. The summed E-state index contributed by atoms with van der Waals surface area (Å²) in [6.07, 6.45) is 1.44. The second-order valence-corrected chi connectivity index (χ2v) is 5.97. The monoisotopic (exact) mass is 304 g/mol. The molecule has 0 amide bonds. The first-order valence-corrected chi connectivity index (χ1v) is 7.37. The molecule has 1 aromatic rings. The van der Waals surface area contributed by atoms with Gasteiger partial charge in [-0.1, -0.05) is 0 Å². The number of nitrogens with two attached hydrogens (primary N) is 2. The van der Waals surface area contributed by atoms with E-state index in [0.717, 1.165) is 11.1 Å². The number of carbonyl (C=O) groups excluding carboxylic acids is 2. The van der Waals surface area contributed by atoms with Gasteiger partial charge in [0, 0.05) is 24.2 Å². The average Bonchev–Trinajstić information content (AvgIpc) is 3.31. The van der Waals surface area contributed by atoms with Crippen LogP contribution in [0.5, 0.6) is 0 Å². The molecule has 4 N–H and O–H groups in total. The molecule has 3 rings (SSSR count). The Morgan fingerprint density at radius 2 is 1.23 bits per heavy atom. The Hall–Kier alpha value is -1.92. The summed E-state index contributed by atoms with van der Waals surface area (Å²) in [5, 5.41) is 0. The van der Waals surface area contributed by atoms with Crippen LogP contribution in [0.4, 0.5) is 11.4 Å². The molecule has 1 aromatic carbocycles. The van der Waals surface area contributed by atoms with Gasteiger partial charge < -0.3 is 20.9 Å². The maximum atomic E-state index is 12.0. The fourth-order valence-corrected chi connectivity index (χ4v) is 2.92. The average molecular weight is 304 g/mol. The van der Waals surface area contributed by atoms with E-state index >= 15 is 0 Å². The topological polar surface area (TPSA) is 111 Å². The van der Waals surface area contributed by atoms with Crippen LogP contribution >= 0.6 is 0 Å². The highest BCUT2D eigenvalue weighted by atomic mass is 16.6. The highest BCUT2D eigenvalue weighted by Crippen LogP contribution is 2.37. The second kappa shape index (κ2) is 5.37. The zero-order valence-corrected chi connectivity index (χ0v) is 12.8. The molecule has 22 heavy (non-hydrogen) atoms. The molecule has 2 aliphatic heterocycles. The smallest absolute Gasteiger partial charge is 0.162 e. The SMILES string of the molecule is CC(=O)c1c(N)c(CC2CO2)c(CC2CO2)c(N)c1C(C)=O. The number of hydrogen-bond acceptors (Lipinski definition) is 6. The molecule has 2 unspecified atom stereocenters. The molecular weight excluding hydrogens is 284 g/mol. The molecule has 6 heteroatoms. The van der Waals surface area contributed by atoms with E-state index < -0.39 is 0 Å². The molecule has 0 aromatic heterocycles. The van der Waals surface area contributed by atoms with Gasteiger partial charge in [-0.15, -0.1) is 0 Å². The van der Waals surface area contributed by atoms with Crippen molar-refractivity contribution in [1.29, 1.82) is 0 Å². The zero-order chi connectivity index (χ0) is 16.0. The molecule has 0 bridgehead atoms. The molecule has 6 nitrogen and oxygen atoms in total. The first kappa shape index (κ1) is 15.0. The van der Waals surface area contributed by atoms with Crippen molar-refractivity contribution in [2.45, 2.75) is 38.9 Å². The first-order chi connectivity index (χ1) is 10.4. The molecule has 2 atom stereocenters. The van der Waals surface area contributed by atoms with E-state index in [1.807, 2.05) is 0 Å². The van der Waals surface area contributed by atoms with Gasteiger partial charge in [0.25, 0.3) is 0 Å². The van der Waals surface area contributed by atoms with Crippen LogP contribution in [0.1, 0.15) is 45.7 Å². The molecule has 0 radical (unpaired) electrons. The lowest BCUT2D eigenvalue weighted by molar-refractivity contribution is 0.0982. The van der Waals surface area contributed by atoms with Crippen LogP contribution in [0.2, 0.25) is 0 Å². The number of carbonyl (C=O) groups is 2. The Bertz CT molecular complexity index is 604. The Kier molecular flexibility index (Phi) is 3.66. The third-order valence-electron chi connectivity index (χ3n) is 4.18. The summed E-state index contributed by atoms with van der Waals surface area (Å²) >= 11 is 0. The van der Waals surface area contributed by atoms with Crippen molar-refractivity contribution >= 4 is 22.9 Å². The number of Topliss-reactive ketones (excluding diaryl/α,β-unsaturated/α-hetero) is 2. The third-order valence-corrected chi connectivity index (χ3v) is 4.18. The van der Waals surface area contributed by atoms with Crippen molar-refractivity contribution in [2.24, 2.45) is 0 Å². The lowest BCUT2D eigenvalue weighted by Crippen LogP contribution is -2.19. The van der Waals surface area contributed by atoms with Crippen molar-refractivity contribution < 1.29 is 19.1 Å². The van der Waals surface area contributed by atoms with Crippen molar-refractivity contribution in [2.75, 3.05) is 24.7 Å². The summed E-state index contributed by atoms with van der Waals surface area (Å²) in [5.74, 6) is -0.497. The summed E-state index contributed by atoms with van der Waals surface area (Å²) in [5.41, 5.74) is 15.3. The molecule has 2 saturated heterocycles. The fourth-order valence-electron chi connectivity index (χ4n) is 2.92. The summed E-state index contributed by atoms with van der Waals surface area (Å²) in [6.45, 7) is 4.17. The van der Waals surface area contributed by atoms with Gasteiger partial charge in [-0.2, -0.15) is 0 Å². The van der Waals surface area contributed by atoms with E-state index in [1.165, 1.54) is 13.8 Å². The normalized spacial score (nSPS) is 22.5. The van der Waals surface area contributed by atoms with E-state index in [2.05, 4.69) is 0 Å². The Labute approximate surface area is 128 Å². The predicted molar refractivity (Wildman–Crippen MR) is 82.2 cm³/mol. The quantitative estimate of drug-likeness (QED) is 0.463. The Morgan fingerprint density at radius 3 is 1.45 bits per heavy atom. The number of epoxide rings is 2. The summed E-state index contributed by atoms with van der Waals surface area (Å²) in [7, 11) is 0. The number of benzene rings is 1. The first-order valence-electron chi connectivity index (χ1n) is 7.37. The maximum Gasteiger partial charge on any atom is 0.162 e. The summed E-state index contributed by atoms with van der Waals surface area (Å²) in [4.78, 5) is 24.0. The summed E-state index contributed by atoms with van der Waals surface area (Å²) < 4.78 is 10.6. The number of ketones is 2. The Morgan fingerprint density at radius 1 is 0.909 bits per heavy atom. The molecule has 0 spiro atoms. The number of nitrogen functional groups attached to an aromatic ring is 2. The number of ether oxygens (including phenoxy) is 2. The lowest BCUT2D eigenvalue weighted by Gasteiger charge is -2.20. The van der Waals surface area contributed by atoms with E-state index in [9.17, 15) is 9.59 Å². The van der Waals surface area contributed by atoms with Gasteiger partial charge >= 0.3 is 0 Å². The summed E-state index contributed by atoms with van der Waals surface area (Å²) in [6, 6.07) is 0. The fraction of sp³-hybridized carbons (Fsp3) is 0.500. The van der Waals surface area contributed by atoms with E-state index in [-0.39, 0.29) is 34.9 Å². The minimum absolute atomic E-state index is 0.114. The minimum Gasteiger partial charge on any atom is -0.398 e. The number of rotatable bonds is 6. The molecule has 2 fully saturated rings. The van der Waals surface area contributed by atoms with Gasteiger partial charge in [0.15, 0.2) is 11.6 Å². The van der Waals surface area contributed by atoms with Gasteiger partial charge in [0.1, 0.15) is 0 Å². The van der Waals surface area contributed by atoms with Gasteiger partial charge in [-0.3, -0.25) is 9.59 Å². The molecule has 0 aliphatic carbocycles. The zero-order valence-electron chi connectivity index (χ0n) is 12.8. The van der Waals surface area contributed by atoms with Crippen molar-refractivity contribution in [1.82, 2.24) is 0 Å². The molecular formula is C16H20N2O4. The van der Waals surface area contributed by atoms with Gasteiger partial charge in [-0.05, 0) is 25.0 Å². The van der Waals surface area contributed by atoms with Gasteiger partial charge in [-0.25, -0.2) is 0 Å². The molecule has 2 heterocycles. The highest BCUT2D eigenvalue weighted by molar-refractivity contribution is 6.14.